The molecule has 2 atom stereocenters. The minimum absolute atomic E-state index is 0.0930. The van der Waals surface area contributed by atoms with E-state index < -0.39 is 0 Å². The molecule has 420 valence electrons. The maximum atomic E-state index is 15.7. The maximum absolute atomic E-state index is 15.7. The van der Waals surface area contributed by atoms with Gasteiger partial charge in [0.2, 0.25) is 0 Å². The highest BCUT2D eigenvalue weighted by molar-refractivity contribution is 7.24. The maximum Gasteiger partial charge on any atom is 0.262 e. The molecule has 0 bridgehead atoms. The molecule has 4 amide bonds. The molecule has 76 heavy (non-hydrogen) atoms. The van der Waals surface area contributed by atoms with Crippen LogP contribution < -0.4 is 0 Å². The van der Waals surface area contributed by atoms with E-state index in [-0.39, 0.29) is 41.4 Å². The summed E-state index contributed by atoms with van der Waals surface area (Å²) in [5.74, 6) is -0.377. The summed E-state index contributed by atoms with van der Waals surface area (Å²) >= 11 is 3.46. The number of hydrogen-bond acceptors (Lipinski definition) is 6. The van der Waals surface area contributed by atoms with Crippen molar-refractivity contribution < 1.29 is 19.2 Å². The van der Waals surface area contributed by atoms with Gasteiger partial charge in [0.1, 0.15) is 0 Å². The topological polar surface area (TPSA) is 74.8 Å². The number of thiophene rings is 2. The van der Waals surface area contributed by atoms with Gasteiger partial charge in [-0.2, -0.15) is 0 Å². The third kappa shape index (κ3) is 16.7. The van der Waals surface area contributed by atoms with Crippen LogP contribution in [0.3, 0.4) is 0 Å². The minimum Gasteiger partial charge on any atom is -0.274 e. The Kier molecular flexibility index (Phi) is 26.3. The number of imide groups is 2. The van der Waals surface area contributed by atoms with Crippen molar-refractivity contribution in [3.8, 4) is 20.2 Å². The third-order valence-corrected chi connectivity index (χ3v) is 19.7. The lowest BCUT2D eigenvalue weighted by Crippen LogP contribution is -2.46. The molecule has 4 aromatic rings. The second kappa shape index (κ2) is 32.5. The fourth-order valence-electron chi connectivity index (χ4n) is 12.3. The quantitative estimate of drug-likeness (QED) is 0.0329. The number of unbranched alkanes of at least 4 members (excludes halogenated alkanes) is 24. The van der Waals surface area contributed by atoms with Gasteiger partial charge in [0.25, 0.3) is 23.6 Å². The lowest BCUT2D eigenvalue weighted by Gasteiger charge is -2.36. The van der Waals surface area contributed by atoms with E-state index in [1.54, 1.807) is 32.5 Å². The van der Waals surface area contributed by atoms with E-state index in [1.165, 1.54) is 164 Å². The van der Waals surface area contributed by atoms with Gasteiger partial charge in [0.05, 0.1) is 11.1 Å². The molecular formula is C68H102N2O4S2. The van der Waals surface area contributed by atoms with Crippen LogP contribution in [0.2, 0.25) is 0 Å². The Morgan fingerprint density at radius 3 is 1.13 bits per heavy atom. The predicted molar refractivity (Wildman–Crippen MR) is 327 cm³/mol. The van der Waals surface area contributed by atoms with Gasteiger partial charge >= 0.3 is 0 Å². The van der Waals surface area contributed by atoms with Crippen LogP contribution in [0.5, 0.6) is 0 Å². The Morgan fingerprint density at radius 1 is 0.368 bits per heavy atom. The van der Waals surface area contributed by atoms with E-state index in [4.69, 9.17) is 0 Å². The van der Waals surface area contributed by atoms with E-state index in [2.05, 4.69) is 79.7 Å². The third-order valence-electron chi connectivity index (χ3n) is 17.0. The normalized spacial score (nSPS) is 14.4. The number of benzene rings is 2. The molecule has 0 saturated heterocycles. The number of amides is 4. The molecule has 2 aliphatic rings. The highest BCUT2D eigenvalue weighted by Gasteiger charge is 2.44. The summed E-state index contributed by atoms with van der Waals surface area (Å²) in [5.41, 5.74) is 3.40. The summed E-state index contributed by atoms with van der Waals surface area (Å²) < 4.78 is 0. The number of nitrogens with zero attached hydrogens (tertiary/aromatic N) is 2. The first-order valence-corrected chi connectivity index (χ1v) is 33.2. The van der Waals surface area contributed by atoms with Crippen molar-refractivity contribution in [2.45, 2.75) is 273 Å². The summed E-state index contributed by atoms with van der Waals surface area (Å²) in [7, 11) is 0. The van der Waals surface area contributed by atoms with Gasteiger partial charge < -0.3 is 0 Å². The fraction of sp³-hybridized carbons (Fsp3) is 0.676. The standard InChI is InChI=1S/C68H102N2O4S2/c1-9-13-17-21-25-27-31-35-39-51(37-33-29-23-19-15-11-3)47-69-66(72)56-46-54(58-42-44-60(76-58)59-43-41-57(75-59)50(7)8)64-62-55(45-53(49(5)6)63(61(56)62)67(69)73)65(71)70(68(64)74)48-52(38-34-30-24-20-16-12-4)40-36-32-28-26-22-18-14-10-2/h41-46,49-52H,9-40,47-48H2,1-8H3. The zero-order valence-electron chi connectivity index (χ0n) is 49.2. The number of carbonyl (C=O) groups is 4. The number of carbonyl (C=O) groups excluding carboxylic acids is 4. The molecule has 0 N–H and O–H groups in total. The predicted octanol–water partition coefficient (Wildman–Crippen LogP) is 21.5. The fourth-order valence-corrected chi connectivity index (χ4v) is 14.4. The molecule has 6 rings (SSSR count). The highest BCUT2D eigenvalue weighted by Crippen LogP contribution is 2.48. The lowest BCUT2D eigenvalue weighted by molar-refractivity contribution is 0.0556. The van der Waals surface area contributed by atoms with Gasteiger partial charge in [0.15, 0.2) is 0 Å². The molecule has 0 radical (unpaired) electrons. The van der Waals surface area contributed by atoms with Crippen molar-refractivity contribution in [1.82, 2.24) is 9.80 Å². The molecule has 2 unspecified atom stereocenters. The van der Waals surface area contributed by atoms with Crippen LogP contribution in [0.15, 0.2) is 36.4 Å². The van der Waals surface area contributed by atoms with Crippen molar-refractivity contribution in [2.75, 3.05) is 13.1 Å². The van der Waals surface area contributed by atoms with Crippen LogP contribution in [-0.2, 0) is 0 Å². The van der Waals surface area contributed by atoms with E-state index in [0.717, 1.165) is 66.7 Å². The molecule has 2 aromatic heterocycles. The minimum atomic E-state index is -0.288. The van der Waals surface area contributed by atoms with Gasteiger partial charge in [0, 0.05) is 60.1 Å². The van der Waals surface area contributed by atoms with Crippen LogP contribution in [0.1, 0.15) is 325 Å². The first-order chi connectivity index (χ1) is 36.9. The molecule has 2 aromatic carbocycles. The Balaban J connectivity index is 1.39. The summed E-state index contributed by atoms with van der Waals surface area (Å²) in [6.07, 6.45) is 38.4. The van der Waals surface area contributed by atoms with Gasteiger partial charge in [-0.1, -0.05) is 235 Å². The summed E-state index contributed by atoms with van der Waals surface area (Å²) in [4.78, 5) is 69.7. The van der Waals surface area contributed by atoms with E-state index in [9.17, 15) is 0 Å². The molecule has 0 saturated carbocycles. The van der Waals surface area contributed by atoms with Crippen LogP contribution in [0, 0.1) is 11.8 Å². The van der Waals surface area contributed by atoms with Gasteiger partial charge in [-0.15, -0.1) is 22.7 Å². The van der Waals surface area contributed by atoms with E-state index in [0.29, 0.717) is 57.6 Å². The van der Waals surface area contributed by atoms with E-state index in [1.807, 2.05) is 12.1 Å². The molecule has 6 nitrogen and oxygen atoms in total. The van der Waals surface area contributed by atoms with Crippen LogP contribution in [0.25, 0.3) is 31.0 Å². The second-order valence-corrected chi connectivity index (χ2v) is 26.2. The van der Waals surface area contributed by atoms with Crippen LogP contribution in [0.4, 0.5) is 0 Å². The summed E-state index contributed by atoms with van der Waals surface area (Å²) in [6, 6.07) is 12.6. The van der Waals surface area contributed by atoms with Gasteiger partial charge in [-0.3, -0.25) is 29.0 Å². The Bertz CT molecular complexity index is 2440. The van der Waals surface area contributed by atoms with Gasteiger partial charge in [-0.25, -0.2) is 0 Å². The zero-order chi connectivity index (χ0) is 54.4. The first kappa shape index (κ1) is 61.6. The molecular weight excluding hydrogens is 973 g/mol. The average Bonchev–Trinajstić information content (AvgIpc) is 4.21. The molecule has 0 spiro atoms. The molecule has 0 fully saturated rings. The summed E-state index contributed by atoms with van der Waals surface area (Å²) in [5, 5.41) is 1.02. The Hall–Kier alpha value is -3.62. The Morgan fingerprint density at radius 2 is 0.724 bits per heavy atom. The largest absolute Gasteiger partial charge is 0.274 e. The monoisotopic (exact) mass is 1070 g/mol. The van der Waals surface area contributed by atoms with Crippen molar-refractivity contribution in [1.29, 1.82) is 0 Å². The molecule has 8 heteroatoms. The Labute approximate surface area is 470 Å². The van der Waals surface area contributed by atoms with Crippen molar-refractivity contribution in [3.63, 3.8) is 0 Å². The van der Waals surface area contributed by atoms with Crippen molar-refractivity contribution >= 4 is 57.1 Å². The van der Waals surface area contributed by atoms with Crippen LogP contribution >= 0.6 is 22.7 Å². The highest BCUT2D eigenvalue weighted by atomic mass is 32.1. The molecule has 4 heterocycles. The van der Waals surface area contributed by atoms with Crippen LogP contribution in [-0.4, -0.2) is 46.5 Å². The lowest BCUT2D eigenvalue weighted by atomic mass is 9.78. The molecule has 0 aliphatic carbocycles. The smallest absolute Gasteiger partial charge is 0.262 e. The van der Waals surface area contributed by atoms with Crippen molar-refractivity contribution in [3.05, 3.63) is 69.1 Å². The second-order valence-electron chi connectivity index (χ2n) is 24.0. The van der Waals surface area contributed by atoms with Gasteiger partial charge in [-0.05, 0) is 91.3 Å². The SMILES string of the molecule is CCCCCCCCCCC(CCCCCCCC)CN1C(=O)c2cc(C(C)C)c3c4c(cc(-c5ccc(-c6ccc(C(C)C)s6)s5)c(c24)C1=O)C(=O)N(CC(CCCCCCCC)CCCCCCCCCC)C3=O. The average molecular weight is 1080 g/mol. The van der Waals surface area contributed by atoms with Crippen molar-refractivity contribution in [2.24, 2.45) is 11.8 Å². The number of hydrogen-bond donors (Lipinski definition) is 0. The van der Waals surface area contributed by atoms with E-state index >= 15 is 19.2 Å². The zero-order valence-corrected chi connectivity index (χ0v) is 50.8. The first-order valence-electron chi connectivity index (χ1n) is 31.6. The summed E-state index contributed by atoms with van der Waals surface area (Å²) in [6.45, 7) is 18.5. The molecule has 2 aliphatic heterocycles. The number of rotatable bonds is 40.